The average Bonchev–Trinajstić information content (AvgIpc) is 3.02. The molecule has 3 rings (SSSR count). The topological polar surface area (TPSA) is 39.9 Å². The van der Waals surface area contributed by atoms with Crippen LogP contribution >= 0.6 is 0 Å². The zero-order valence-electron chi connectivity index (χ0n) is 11.6. The highest BCUT2D eigenvalue weighted by atomic mass is 15.2. The molecule has 0 amide bonds. The molecule has 1 aromatic heterocycles. The van der Waals surface area contributed by atoms with Gasteiger partial charge in [0.05, 0.1) is 11.3 Å². The Labute approximate surface area is 119 Å². The average molecular weight is 263 g/mol. The van der Waals surface area contributed by atoms with Crippen LogP contribution in [0.3, 0.4) is 0 Å². The standard InChI is InChI=1S/C17H17N3/c1-13-11-15(12-18)17(20-9-5-6-10-20)19-16(13)14-7-3-2-4-8-14/h2-4,7-8,11H,5-6,9-10H2,1H3. The quantitative estimate of drug-likeness (QED) is 0.832. The summed E-state index contributed by atoms with van der Waals surface area (Å²) in [6.07, 6.45) is 2.36. The summed E-state index contributed by atoms with van der Waals surface area (Å²) in [7, 11) is 0. The van der Waals surface area contributed by atoms with Crippen molar-refractivity contribution in [2.24, 2.45) is 0 Å². The van der Waals surface area contributed by atoms with E-state index in [1.54, 1.807) is 0 Å². The maximum atomic E-state index is 9.35. The summed E-state index contributed by atoms with van der Waals surface area (Å²) >= 11 is 0. The first-order valence-corrected chi connectivity index (χ1v) is 7.01. The van der Waals surface area contributed by atoms with E-state index in [0.29, 0.717) is 5.56 Å². The van der Waals surface area contributed by atoms with Gasteiger partial charge in [0, 0.05) is 18.7 Å². The summed E-state index contributed by atoms with van der Waals surface area (Å²) in [6.45, 7) is 4.02. The molecule has 3 nitrogen and oxygen atoms in total. The predicted octanol–water partition coefficient (Wildman–Crippen LogP) is 3.53. The van der Waals surface area contributed by atoms with Crippen molar-refractivity contribution in [3.05, 3.63) is 47.5 Å². The smallest absolute Gasteiger partial charge is 0.147 e. The lowest BCUT2D eigenvalue weighted by Crippen LogP contribution is -2.20. The number of anilines is 1. The zero-order chi connectivity index (χ0) is 13.9. The van der Waals surface area contributed by atoms with Gasteiger partial charge in [-0.25, -0.2) is 4.98 Å². The molecular weight excluding hydrogens is 246 g/mol. The van der Waals surface area contributed by atoms with Crippen LogP contribution in [-0.2, 0) is 0 Å². The van der Waals surface area contributed by atoms with Crippen LogP contribution in [0.2, 0.25) is 0 Å². The van der Waals surface area contributed by atoms with E-state index in [1.165, 1.54) is 12.8 Å². The highest BCUT2D eigenvalue weighted by Crippen LogP contribution is 2.29. The van der Waals surface area contributed by atoms with E-state index in [9.17, 15) is 5.26 Å². The van der Waals surface area contributed by atoms with Gasteiger partial charge in [0.25, 0.3) is 0 Å². The van der Waals surface area contributed by atoms with Crippen LogP contribution in [0, 0.1) is 18.3 Å². The van der Waals surface area contributed by atoms with E-state index in [2.05, 4.69) is 23.1 Å². The molecule has 100 valence electrons. The molecule has 0 radical (unpaired) electrons. The Balaban J connectivity index is 2.12. The summed E-state index contributed by atoms with van der Waals surface area (Å²) in [5, 5.41) is 9.35. The van der Waals surface area contributed by atoms with Crippen molar-refractivity contribution in [3.8, 4) is 17.3 Å². The fourth-order valence-corrected chi connectivity index (χ4v) is 2.74. The number of nitrogens with zero attached hydrogens (tertiary/aromatic N) is 3. The predicted molar refractivity (Wildman–Crippen MR) is 80.6 cm³/mol. The normalized spacial score (nSPS) is 14.3. The van der Waals surface area contributed by atoms with Crippen molar-refractivity contribution >= 4 is 5.82 Å². The Morgan fingerprint density at radius 2 is 1.85 bits per heavy atom. The van der Waals surface area contributed by atoms with Gasteiger partial charge in [-0.2, -0.15) is 5.26 Å². The molecule has 1 saturated heterocycles. The molecule has 1 aliphatic heterocycles. The molecule has 2 heterocycles. The highest BCUT2D eigenvalue weighted by molar-refractivity contribution is 5.69. The lowest BCUT2D eigenvalue weighted by molar-refractivity contribution is 0.933. The lowest BCUT2D eigenvalue weighted by atomic mass is 10.0. The first kappa shape index (κ1) is 12.7. The molecule has 2 aromatic rings. The Morgan fingerprint density at radius 1 is 1.15 bits per heavy atom. The molecule has 0 unspecified atom stereocenters. The Bertz CT molecular complexity index is 650. The summed E-state index contributed by atoms with van der Waals surface area (Å²) in [4.78, 5) is 7.03. The van der Waals surface area contributed by atoms with E-state index in [0.717, 1.165) is 35.7 Å². The van der Waals surface area contributed by atoms with Crippen LogP contribution in [0.25, 0.3) is 11.3 Å². The molecule has 0 saturated carbocycles. The molecule has 1 aliphatic rings. The SMILES string of the molecule is Cc1cc(C#N)c(N2CCCC2)nc1-c1ccccc1. The molecule has 0 aliphatic carbocycles. The molecule has 0 bridgehead atoms. The number of hydrogen-bond acceptors (Lipinski definition) is 3. The third-order valence-corrected chi connectivity index (χ3v) is 3.77. The van der Waals surface area contributed by atoms with Gasteiger partial charge < -0.3 is 4.90 Å². The molecule has 20 heavy (non-hydrogen) atoms. The second-order valence-corrected chi connectivity index (χ2v) is 5.20. The van der Waals surface area contributed by atoms with Crippen molar-refractivity contribution < 1.29 is 0 Å². The minimum atomic E-state index is 0.684. The highest BCUT2D eigenvalue weighted by Gasteiger charge is 2.19. The first-order chi connectivity index (χ1) is 9.79. The molecule has 0 atom stereocenters. The molecule has 1 fully saturated rings. The van der Waals surface area contributed by atoms with Crippen LogP contribution < -0.4 is 4.90 Å². The molecule has 0 spiro atoms. The number of aryl methyl sites for hydroxylation is 1. The number of aromatic nitrogens is 1. The van der Waals surface area contributed by atoms with E-state index in [4.69, 9.17) is 4.98 Å². The number of rotatable bonds is 2. The number of nitriles is 1. The monoisotopic (exact) mass is 263 g/mol. The molecular formula is C17H17N3. The lowest BCUT2D eigenvalue weighted by Gasteiger charge is -2.19. The summed E-state index contributed by atoms with van der Waals surface area (Å²) in [5.41, 5.74) is 3.82. The van der Waals surface area contributed by atoms with Gasteiger partial charge >= 0.3 is 0 Å². The number of pyridine rings is 1. The second kappa shape index (κ2) is 5.34. The fourth-order valence-electron chi connectivity index (χ4n) is 2.74. The van der Waals surface area contributed by atoms with Gasteiger partial charge in [0.15, 0.2) is 0 Å². The van der Waals surface area contributed by atoms with Crippen LogP contribution in [0.5, 0.6) is 0 Å². The van der Waals surface area contributed by atoms with Crippen molar-refractivity contribution in [1.29, 1.82) is 5.26 Å². The van der Waals surface area contributed by atoms with E-state index >= 15 is 0 Å². The van der Waals surface area contributed by atoms with Crippen molar-refractivity contribution in [2.75, 3.05) is 18.0 Å². The molecule has 3 heteroatoms. The maximum absolute atomic E-state index is 9.35. The van der Waals surface area contributed by atoms with Crippen molar-refractivity contribution in [2.45, 2.75) is 19.8 Å². The van der Waals surface area contributed by atoms with Crippen LogP contribution in [0.4, 0.5) is 5.82 Å². The van der Waals surface area contributed by atoms with Gasteiger partial charge in [-0.1, -0.05) is 30.3 Å². The Hall–Kier alpha value is -2.34. The van der Waals surface area contributed by atoms with Gasteiger partial charge in [0.2, 0.25) is 0 Å². The van der Waals surface area contributed by atoms with Crippen LogP contribution in [0.1, 0.15) is 24.0 Å². The van der Waals surface area contributed by atoms with Gasteiger partial charge in [-0.05, 0) is 31.4 Å². The third-order valence-electron chi connectivity index (χ3n) is 3.77. The maximum Gasteiger partial charge on any atom is 0.147 e. The van der Waals surface area contributed by atoms with E-state index in [1.807, 2.05) is 31.2 Å². The molecule has 1 aromatic carbocycles. The second-order valence-electron chi connectivity index (χ2n) is 5.20. The van der Waals surface area contributed by atoms with Crippen molar-refractivity contribution in [1.82, 2.24) is 4.98 Å². The first-order valence-electron chi connectivity index (χ1n) is 7.01. The minimum Gasteiger partial charge on any atom is -0.356 e. The summed E-state index contributed by atoms with van der Waals surface area (Å²) < 4.78 is 0. The van der Waals surface area contributed by atoms with Crippen LogP contribution in [-0.4, -0.2) is 18.1 Å². The van der Waals surface area contributed by atoms with Gasteiger partial charge in [-0.3, -0.25) is 0 Å². The Morgan fingerprint density at radius 3 is 2.50 bits per heavy atom. The summed E-state index contributed by atoms with van der Waals surface area (Å²) in [5.74, 6) is 0.842. The number of hydrogen-bond donors (Lipinski definition) is 0. The summed E-state index contributed by atoms with van der Waals surface area (Å²) in [6, 6.07) is 14.4. The van der Waals surface area contributed by atoms with Crippen molar-refractivity contribution in [3.63, 3.8) is 0 Å². The third kappa shape index (κ3) is 2.25. The molecule has 0 N–H and O–H groups in total. The van der Waals surface area contributed by atoms with Crippen LogP contribution in [0.15, 0.2) is 36.4 Å². The van der Waals surface area contributed by atoms with Gasteiger partial charge in [0.1, 0.15) is 11.9 Å². The zero-order valence-corrected chi connectivity index (χ0v) is 11.6. The fraction of sp³-hybridized carbons (Fsp3) is 0.294. The Kier molecular flexibility index (Phi) is 3.39. The van der Waals surface area contributed by atoms with E-state index in [-0.39, 0.29) is 0 Å². The largest absolute Gasteiger partial charge is 0.356 e. The van der Waals surface area contributed by atoms with Gasteiger partial charge in [-0.15, -0.1) is 0 Å². The minimum absolute atomic E-state index is 0.684. The van der Waals surface area contributed by atoms with E-state index < -0.39 is 0 Å². The number of benzene rings is 1.